The molecule has 0 aliphatic rings. The number of carbonyl (C=O) groups excluding carboxylic acids is 1. The molecule has 0 aromatic heterocycles. The minimum Gasteiger partial charge on any atom is -0.409 e. The van der Waals surface area contributed by atoms with Crippen LogP contribution in [-0.4, -0.2) is 23.1 Å². The van der Waals surface area contributed by atoms with E-state index < -0.39 is 30.7 Å². The molecule has 0 spiro atoms. The largest absolute Gasteiger partial charge is 0.409 e. The summed E-state index contributed by atoms with van der Waals surface area (Å²) in [4.78, 5) is 11.2. The molecule has 1 amide bonds. The van der Waals surface area contributed by atoms with Crippen molar-refractivity contribution in [1.82, 2.24) is 5.32 Å². The first-order valence-electron chi connectivity index (χ1n) is 5.82. The Morgan fingerprint density at radius 3 is 2.57 bits per heavy atom. The zero-order chi connectivity index (χ0) is 16.0. The van der Waals surface area contributed by atoms with Crippen molar-refractivity contribution >= 4 is 11.7 Å². The van der Waals surface area contributed by atoms with Crippen LogP contribution in [0.2, 0.25) is 0 Å². The van der Waals surface area contributed by atoms with Crippen LogP contribution in [0.3, 0.4) is 0 Å². The van der Waals surface area contributed by atoms with Gasteiger partial charge in [0.15, 0.2) is 5.84 Å². The Bertz CT molecular complexity index is 544. The number of carbonyl (C=O) groups is 1. The number of alkyl halides is 3. The highest BCUT2D eigenvalue weighted by Gasteiger charge is 2.27. The SMILES string of the molecule is NC(=NO)c1ccc(CNC(=O)CCC(F)(F)F)c(F)c1. The second-order valence-electron chi connectivity index (χ2n) is 4.18. The Morgan fingerprint density at radius 1 is 1.38 bits per heavy atom. The molecule has 4 N–H and O–H groups in total. The van der Waals surface area contributed by atoms with E-state index in [9.17, 15) is 22.4 Å². The summed E-state index contributed by atoms with van der Waals surface area (Å²) >= 11 is 0. The molecular weight excluding hydrogens is 294 g/mol. The van der Waals surface area contributed by atoms with Gasteiger partial charge in [0.1, 0.15) is 5.82 Å². The van der Waals surface area contributed by atoms with Crippen molar-refractivity contribution in [2.45, 2.75) is 25.6 Å². The lowest BCUT2D eigenvalue weighted by molar-refractivity contribution is -0.144. The van der Waals surface area contributed by atoms with E-state index in [1.165, 1.54) is 12.1 Å². The number of nitrogens with zero attached hydrogens (tertiary/aromatic N) is 1. The van der Waals surface area contributed by atoms with E-state index in [2.05, 4.69) is 10.5 Å². The van der Waals surface area contributed by atoms with Crippen LogP contribution in [0.15, 0.2) is 23.4 Å². The average Bonchev–Trinajstić information content (AvgIpc) is 2.42. The molecule has 0 atom stereocenters. The van der Waals surface area contributed by atoms with Gasteiger partial charge in [-0.05, 0) is 6.07 Å². The summed E-state index contributed by atoms with van der Waals surface area (Å²) in [7, 11) is 0. The highest BCUT2D eigenvalue weighted by Crippen LogP contribution is 2.21. The van der Waals surface area contributed by atoms with E-state index in [1.807, 2.05) is 0 Å². The summed E-state index contributed by atoms with van der Waals surface area (Å²) < 4.78 is 49.4. The van der Waals surface area contributed by atoms with Gasteiger partial charge in [0.2, 0.25) is 5.91 Å². The Kier molecular flexibility index (Phi) is 5.51. The average molecular weight is 307 g/mol. The number of nitrogens with one attached hydrogen (secondary N) is 1. The maximum atomic E-state index is 13.6. The molecule has 0 bridgehead atoms. The molecule has 9 heteroatoms. The maximum absolute atomic E-state index is 13.6. The number of hydrogen-bond donors (Lipinski definition) is 3. The molecule has 0 saturated heterocycles. The van der Waals surface area contributed by atoms with E-state index >= 15 is 0 Å². The Hall–Kier alpha value is -2.32. The van der Waals surface area contributed by atoms with E-state index in [1.54, 1.807) is 0 Å². The summed E-state index contributed by atoms with van der Waals surface area (Å²) in [5.74, 6) is -1.84. The first kappa shape index (κ1) is 16.7. The minimum absolute atomic E-state index is 0.0739. The molecule has 21 heavy (non-hydrogen) atoms. The molecule has 0 unspecified atom stereocenters. The fraction of sp³-hybridized carbons (Fsp3) is 0.333. The van der Waals surface area contributed by atoms with Crippen LogP contribution in [-0.2, 0) is 11.3 Å². The quantitative estimate of drug-likeness (QED) is 0.255. The highest BCUT2D eigenvalue weighted by atomic mass is 19.4. The van der Waals surface area contributed by atoms with Gasteiger partial charge in [0.05, 0.1) is 6.42 Å². The lowest BCUT2D eigenvalue weighted by atomic mass is 10.1. The number of nitrogens with two attached hydrogens (primary N) is 1. The van der Waals surface area contributed by atoms with E-state index in [0.717, 1.165) is 6.07 Å². The van der Waals surface area contributed by atoms with Crippen molar-refractivity contribution in [2.75, 3.05) is 0 Å². The van der Waals surface area contributed by atoms with Gasteiger partial charge in [0, 0.05) is 24.1 Å². The van der Waals surface area contributed by atoms with E-state index in [4.69, 9.17) is 10.9 Å². The number of amides is 1. The molecule has 116 valence electrons. The van der Waals surface area contributed by atoms with Crippen molar-refractivity contribution < 1.29 is 27.6 Å². The fourth-order valence-corrected chi connectivity index (χ4v) is 1.45. The van der Waals surface area contributed by atoms with Crippen molar-refractivity contribution in [3.8, 4) is 0 Å². The fourth-order valence-electron chi connectivity index (χ4n) is 1.45. The van der Waals surface area contributed by atoms with Gasteiger partial charge in [0.25, 0.3) is 0 Å². The molecule has 5 nitrogen and oxygen atoms in total. The monoisotopic (exact) mass is 307 g/mol. The smallest absolute Gasteiger partial charge is 0.389 e. The molecule has 0 heterocycles. The van der Waals surface area contributed by atoms with Gasteiger partial charge in [-0.25, -0.2) is 4.39 Å². The molecular formula is C12H13F4N3O2. The van der Waals surface area contributed by atoms with Crippen LogP contribution < -0.4 is 11.1 Å². The molecule has 1 aromatic rings. The molecule has 0 aliphatic carbocycles. The highest BCUT2D eigenvalue weighted by molar-refractivity contribution is 5.97. The third-order valence-electron chi connectivity index (χ3n) is 2.57. The van der Waals surface area contributed by atoms with Crippen LogP contribution in [0.1, 0.15) is 24.0 Å². The Morgan fingerprint density at radius 2 is 2.05 bits per heavy atom. The van der Waals surface area contributed by atoms with Crippen molar-refractivity contribution in [2.24, 2.45) is 10.9 Å². The van der Waals surface area contributed by atoms with Crippen LogP contribution >= 0.6 is 0 Å². The minimum atomic E-state index is -4.41. The number of amidine groups is 1. The lowest BCUT2D eigenvalue weighted by Crippen LogP contribution is -2.25. The van der Waals surface area contributed by atoms with Crippen molar-refractivity contribution in [3.05, 3.63) is 35.1 Å². The van der Waals surface area contributed by atoms with Gasteiger partial charge in [-0.2, -0.15) is 13.2 Å². The predicted molar refractivity (Wildman–Crippen MR) is 66.0 cm³/mol. The molecule has 0 aliphatic heterocycles. The Labute approximate surface area is 117 Å². The van der Waals surface area contributed by atoms with Crippen LogP contribution in [0.25, 0.3) is 0 Å². The summed E-state index contributed by atoms with van der Waals surface area (Å²) in [6.45, 7) is -0.251. The van der Waals surface area contributed by atoms with Gasteiger partial charge in [-0.1, -0.05) is 17.3 Å². The molecule has 1 rings (SSSR count). The van der Waals surface area contributed by atoms with Crippen LogP contribution in [0.5, 0.6) is 0 Å². The second kappa shape index (κ2) is 6.91. The van der Waals surface area contributed by atoms with E-state index in [-0.39, 0.29) is 23.5 Å². The second-order valence-corrected chi connectivity index (χ2v) is 4.18. The molecule has 1 aromatic carbocycles. The Balaban J connectivity index is 2.58. The first-order chi connectivity index (χ1) is 9.73. The number of halogens is 4. The van der Waals surface area contributed by atoms with Gasteiger partial charge in [-0.15, -0.1) is 0 Å². The summed E-state index contributed by atoms with van der Waals surface area (Å²) in [6.07, 6.45) is -6.36. The molecule has 0 fully saturated rings. The topological polar surface area (TPSA) is 87.7 Å². The number of hydrogen-bond acceptors (Lipinski definition) is 3. The molecule has 0 saturated carbocycles. The van der Waals surface area contributed by atoms with Gasteiger partial charge < -0.3 is 16.3 Å². The third-order valence-corrected chi connectivity index (χ3v) is 2.57. The summed E-state index contributed by atoms with van der Waals surface area (Å²) in [5.41, 5.74) is 5.49. The van der Waals surface area contributed by atoms with Gasteiger partial charge in [-0.3, -0.25) is 4.79 Å². The van der Waals surface area contributed by atoms with Crippen LogP contribution in [0, 0.1) is 5.82 Å². The zero-order valence-electron chi connectivity index (χ0n) is 10.7. The normalized spacial score (nSPS) is 12.3. The summed E-state index contributed by atoms with van der Waals surface area (Å²) in [6, 6.07) is 3.63. The van der Waals surface area contributed by atoms with Crippen molar-refractivity contribution in [3.63, 3.8) is 0 Å². The number of rotatable bonds is 5. The number of benzene rings is 1. The molecule has 0 radical (unpaired) electrons. The summed E-state index contributed by atoms with van der Waals surface area (Å²) in [5, 5.41) is 13.3. The van der Waals surface area contributed by atoms with E-state index in [0.29, 0.717) is 0 Å². The zero-order valence-corrected chi connectivity index (χ0v) is 10.7. The predicted octanol–water partition coefficient (Wildman–Crippen LogP) is 1.88. The maximum Gasteiger partial charge on any atom is 0.389 e. The van der Waals surface area contributed by atoms with Crippen molar-refractivity contribution in [1.29, 1.82) is 0 Å². The third kappa shape index (κ3) is 5.67. The van der Waals surface area contributed by atoms with Gasteiger partial charge >= 0.3 is 6.18 Å². The number of oxime groups is 1. The van der Waals surface area contributed by atoms with Crippen LogP contribution in [0.4, 0.5) is 17.6 Å². The first-order valence-corrected chi connectivity index (χ1v) is 5.82. The standard InChI is InChI=1S/C12H13F4N3O2/c13-9-5-7(11(17)19-21)1-2-8(9)6-18-10(20)3-4-12(14,15)16/h1-2,5,21H,3-4,6H2,(H2,17,19)(H,18,20). The lowest BCUT2D eigenvalue weighted by Gasteiger charge is -2.09.